The molecule has 0 aliphatic carbocycles. The maximum atomic E-state index is 13.5. The summed E-state index contributed by atoms with van der Waals surface area (Å²) >= 11 is 0. The van der Waals surface area contributed by atoms with Crippen LogP contribution in [-0.4, -0.2) is 21.1 Å². The largest absolute Gasteiger partial charge is 0.475 e. The number of rotatable bonds is 9. The zero-order valence-electron chi connectivity index (χ0n) is 20.9. The molecule has 0 saturated heterocycles. The molecule has 0 bridgehead atoms. The molecule has 3 aromatic carbocycles. The van der Waals surface area contributed by atoms with Gasteiger partial charge in [-0.1, -0.05) is 45.4 Å². The first kappa shape index (κ1) is 26.0. The van der Waals surface area contributed by atoms with Gasteiger partial charge >= 0.3 is 0 Å². The molecule has 0 aromatic heterocycles. The van der Waals surface area contributed by atoms with Crippen LogP contribution in [0.15, 0.2) is 65.6 Å². The predicted octanol–water partition coefficient (Wildman–Crippen LogP) is 4.99. The van der Waals surface area contributed by atoms with Gasteiger partial charge in [0.25, 0.3) is 15.9 Å². The summed E-state index contributed by atoms with van der Waals surface area (Å²) in [7, 11) is -4.17. The third-order valence-electron chi connectivity index (χ3n) is 5.98. The van der Waals surface area contributed by atoms with Crippen LogP contribution in [0.25, 0.3) is 0 Å². The molecule has 1 N–H and O–H groups in total. The molecule has 1 amide bonds. The van der Waals surface area contributed by atoms with Gasteiger partial charge in [0.2, 0.25) is 12.9 Å². The summed E-state index contributed by atoms with van der Waals surface area (Å²) in [5.41, 5.74) is 2.58. The Balaban J connectivity index is 1.68. The van der Waals surface area contributed by atoms with Gasteiger partial charge < -0.3 is 14.2 Å². The standard InChI is InChI=1S/C28H28N2O6S/c1-4-5-21-14-19(16-29)6-12-24(21)36-27(22-9-13-25-26(15-22)35-17-34-25)28(31)30-37(32,33)23-10-7-20(8-11-23)18(2)3/h6-15,18,27H,4-5,17H2,1-3H3,(H,30,31). The van der Waals surface area contributed by atoms with Gasteiger partial charge in [-0.05, 0) is 65.9 Å². The monoisotopic (exact) mass is 520 g/mol. The molecule has 4 rings (SSSR count). The summed E-state index contributed by atoms with van der Waals surface area (Å²) in [4.78, 5) is 13.4. The third kappa shape index (κ3) is 5.87. The number of carbonyl (C=O) groups excluding carboxylic acids is 1. The Morgan fingerprint density at radius 2 is 1.73 bits per heavy atom. The Morgan fingerprint density at radius 1 is 1.03 bits per heavy atom. The number of aryl methyl sites for hydroxylation is 1. The lowest BCUT2D eigenvalue weighted by Crippen LogP contribution is -2.37. The minimum Gasteiger partial charge on any atom is -0.475 e. The average Bonchev–Trinajstić information content (AvgIpc) is 3.35. The quantitative estimate of drug-likeness (QED) is 0.423. The Kier molecular flexibility index (Phi) is 7.69. The molecule has 1 atom stereocenters. The summed E-state index contributed by atoms with van der Waals surface area (Å²) in [5.74, 6) is 0.710. The van der Waals surface area contributed by atoms with Gasteiger partial charge in [-0.15, -0.1) is 0 Å². The lowest BCUT2D eigenvalue weighted by molar-refractivity contribution is -0.126. The first-order valence-electron chi connectivity index (χ1n) is 12.0. The van der Waals surface area contributed by atoms with E-state index in [0.717, 1.165) is 17.5 Å². The molecule has 37 heavy (non-hydrogen) atoms. The van der Waals surface area contributed by atoms with E-state index in [9.17, 15) is 18.5 Å². The van der Waals surface area contributed by atoms with Crippen LogP contribution >= 0.6 is 0 Å². The highest BCUT2D eigenvalue weighted by atomic mass is 32.2. The molecule has 192 valence electrons. The lowest BCUT2D eigenvalue weighted by atomic mass is 10.0. The molecule has 8 nitrogen and oxygen atoms in total. The maximum absolute atomic E-state index is 13.5. The normalized spacial score (nSPS) is 13.2. The van der Waals surface area contributed by atoms with E-state index < -0.39 is 22.0 Å². The van der Waals surface area contributed by atoms with Crippen molar-refractivity contribution in [3.8, 4) is 23.3 Å². The average molecular weight is 521 g/mol. The van der Waals surface area contributed by atoms with Gasteiger partial charge in [0.1, 0.15) is 5.75 Å². The molecule has 3 aromatic rings. The SMILES string of the molecule is CCCc1cc(C#N)ccc1OC(C(=O)NS(=O)(=O)c1ccc(C(C)C)cc1)c1ccc2c(c1)OCO2. The molecule has 0 radical (unpaired) electrons. The van der Waals surface area contributed by atoms with Crippen LogP contribution in [0.1, 0.15) is 61.5 Å². The highest BCUT2D eigenvalue weighted by molar-refractivity contribution is 7.90. The van der Waals surface area contributed by atoms with Gasteiger partial charge in [-0.25, -0.2) is 13.1 Å². The summed E-state index contributed by atoms with van der Waals surface area (Å²) in [6, 6.07) is 18.3. The van der Waals surface area contributed by atoms with Gasteiger partial charge in [-0.3, -0.25) is 4.79 Å². The summed E-state index contributed by atoms with van der Waals surface area (Å²) in [5, 5.41) is 9.29. The number of ether oxygens (including phenoxy) is 3. The van der Waals surface area contributed by atoms with Crippen LogP contribution in [-0.2, 0) is 21.2 Å². The number of nitrogens with zero attached hydrogens (tertiary/aromatic N) is 1. The zero-order valence-corrected chi connectivity index (χ0v) is 21.7. The number of hydrogen-bond donors (Lipinski definition) is 1. The van der Waals surface area contributed by atoms with Gasteiger partial charge in [0, 0.05) is 5.56 Å². The second-order valence-electron chi connectivity index (χ2n) is 8.99. The Hall–Kier alpha value is -4.03. The van der Waals surface area contributed by atoms with Gasteiger partial charge in [0.05, 0.1) is 16.5 Å². The zero-order chi connectivity index (χ0) is 26.6. The summed E-state index contributed by atoms with van der Waals surface area (Å²) in [6.07, 6.45) is 0.0796. The van der Waals surface area contributed by atoms with Crippen molar-refractivity contribution >= 4 is 15.9 Å². The van der Waals surface area contributed by atoms with E-state index in [1.165, 1.54) is 12.1 Å². The molecule has 9 heteroatoms. The number of nitriles is 1. The fraction of sp³-hybridized carbons (Fsp3) is 0.286. The van der Waals surface area contributed by atoms with Gasteiger partial charge in [0.15, 0.2) is 11.5 Å². The van der Waals surface area contributed by atoms with Crippen molar-refractivity contribution in [3.63, 3.8) is 0 Å². The van der Waals surface area contributed by atoms with Gasteiger partial charge in [-0.2, -0.15) is 5.26 Å². The summed E-state index contributed by atoms with van der Waals surface area (Å²) < 4.78 is 45.3. The van der Waals surface area contributed by atoms with Crippen LogP contribution in [0.2, 0.25) is 0 Å². The lowest BCUT2D eigenvalue weighted by Gasteiger charge is -2.21. The van der Waals surface area contributed by atoms with E-state index in [1.807, 2.05) is 20.8 Å². The maximum Gasteiger partial charge on any atom is 0.279 e. The van der Waals surface area contributed by atoms with E-state index in [-0.39, 0.29) is 17.6 Å². The Labute approximate surface area is 216 Å². The van der Waals surface area contributed by atoms with Crippen molar-refractivity contribution < 1.29 is 27.4 Å². The second-order valence-corrected chi connectivity index (χ2v) is 10.7. The molecule has 1 aliphatic rings. The third-order valence-corrected chi connectivity index (χ3v) is 7.35. The molecule has 0 spiro atoms. The van der Waals surface area contributed by atoms with Crippen LogP contribution in [0, 0.1) is 11.3 Å². The van der Waals surface area contributed by atoms with E-state index in [1.54, 1.807) is 48.5 Å². The molecular weight excluding hydrogens is 492 g/mol. The molecule has 1 aliphatic heterocycles. The van der Waals surface area contributed by atoms with Crippen molar-refractivity contribution in [2.24, 2.45) is 0 Å². The van der Waals surface area contributed by atoms with E-state index in [0.29, 0.717) is 34.8 Å². The molecular formula is C28H28N2O6S. The first-order valence-corrected chi connectivity index (χ1v) is 13.5. The smallest absolute Gasteiger partial charge is 0.279 e. The van der Waals surface area contributed by atoms with Crippen LogP contribution in [0.4, 0.5) is 0 Å². The predicted molar refractivity (Wildman–Crippen MR) is 137 cm³/mol. The minimum atomic E-state index is -4.17. The summed E-state index contributed by atoms with van der Waals surface area (Å²) in [6.45, 7) is 6.05. The minimum absolute atomic E-state index is 0.0280. The second kappa shape index (κ2) is 10.9. The topological polar surface area (TPSA) is 115 Å². The highest BCUT2D eigenvalue weighted by Gasteiger charge is 2.30. The number of nitrogens with one attached hydrogen (secondary N) is 1. The Morgan fingerprint density at radius 3 is 2.41 bits per heavy atom. The number of carbonyl (C=O) groups is 1. The van der Waals surface area contributed by atoms with Crippen molar-refractivity contribution in [2.45, 2.75) is 50.5 Å². The Bertz CT molecular complexity index is 1440. The van der Waals surface area contributed by atoms with Crippen molar-refractivity contribution in [1.29, 1.82) is 5.26 Å². The van der Waals surface area contributed by atoms with Crippen LogP contribution in [0.5, 0.6) is 17.2 Å². The molecule has 0 fully saturated rings. The molecule has 1 heterocycles. The molecule has 0 saturated carbocycles. The van der Waals surface area contributed by atoms with Crippen molar-refractivity contribution in [1.82, 2.24) is 4.72 Å². The number of sulfonamides is 1. The fourth-order valence-corrected chi connectivity index (χ4v) is 4.97. The van der Waals surface area contributed by atoms with E-state index in [4.69, 9.17) is 14.2 Å². The highest BCUT2D eigenvalue weighted by Crippen LogP contribution is 2.36. The van der Waals surface area contributed by atoms with E-state index >= 15 is 0 Å². The molecule has 1 unspecified atom stereocenters. The van der Waals surface area contributed by atoms with Crippen molar-refractivity contribution in [3.05, 3.63) is 82.9 Å². The fourth-order valence-electron chi connectivity index (χ4n) is 3.98. The number of benzene rings is 3. The number of hydrogen-bond acceptors (Lipinski definition) is 7. The number of fused-ring (bicyclic) bond motifs is 1. The van der Waals surface area contributed by atoms with Crippen molar-refractivity contribution in [2.75, 3.05) is 6.79 Å². The first-order chi connectivity index (χ1) is 17.7. The number of amides is 1. The van der Waals surface area contributed by atoms with E-state index in [2.05, 4.69) is 10.8 Å². The van der Waals surface area contributed by atoms with Crippen LogP contribution < -0.4 is 18.9 Å². The van der Waals surface area contributed by atoms with Crippen LogP contribution in [0.3, 0.4) is 0 Å².